The van der Waals surface area contributed by atoms with Crippen LogP contribution in [0, 0.1) is 0 Å². The fraction of sp³-hybridized carbons (Fsp3) is 0.200. The summed E-state index contributed by atoms with van der Waals surface area (Å²) in [7, 11) is 1.18. The van der Waals surface area contributed by atoms with E-state index in [9.17, 15) is 9.59 Å². The van der Waals surface area contributed by atoms with Gasteiger partial charge in [0.25, 0.3) is 0 Å². The summed E-state index contributed by atoms with van der Waals surface area (Å²) in [6.07, 6.45) is 1.55. The molecule has 4 nitrogen and oxygen atoms in total. The van der Waals surface area contributed by atoms with Crippen LogP contribution >= 0.6 is 0 Å². The molecule has 0 saturated heterocycles. The molecular formula is C5H8O4Sr. The molecule has 54 valence electrons. The minimum absolute atomic E-state index is 0. The summed E-state index contributed by atoms with van der Waals surface area (Å²) in [6, 6.07) is 0. The Labute approximate surface area is 98.1 Å². The van der Waals surface area contributed by atoms with Gasteiger partial charge in [-0.1, -0.05) is 0 Å². The van der Waals surface area contributed by atoms with Gasteiger partial charge in [-0.15, -0.1) is 0 Å². The molecule has 1 N–H and O–H groups in total. The van der Waals surface area contributed by atoms with Crippen molar-refractivity contribution in [2.24, 2.45) is 0 Å². The van der Waals surface area contributed by atoms with Gasteiger partial charge >= 0.3 is 57.4 Å². The Balaban J connectivity index is -0.000000107. The number of rotatable bonds is 2. The Morgan fingerprint density at radius 1 is 1.50 bits per heavy atom. The van der Waals surface area contributed by atoms with Gasteiger partial charge in [0.15, 0.2) is 0 Å². The fourth-order valence-corrected chi connectivity index (χ4v) is 0.207. The molecule has 0 rings (SSSR count). The number of hydrogen-bond donors (Lipinski definition) is 1. The Kier molecular flexibility index (Phi) is 9.31. The second-order valence-corrected chi connectivity index (χ2v) is 1.19. The Bertz CT molecular complexity index is 160. The van der Waals surface area contributed by atoms with Crippen LogP contribution in [0.1, 0.15) is 2.85 Å². The van der Waals surface area contributed by atoms with Crippen LogP contribution in [0.5, 0.6) is 0 Å². The summed E-state index contributed by atoms with van der Waals surface area (Å²) in [5, 5.41) is 7.96. The van der Waals surface area contributed by atoms with Crippen molar-refractivity contribution in [3.63, 3.8) is 0 Å². The summed E-state index contributed by atoms with van der Waals surface area (Å²) in [5.41, 5.74) is 0. The normalized spacial score (nSPS) is 8.50. The third-order valence-electron chi connectivity index (χ3n) is 0.563. The van der Waals surface area contributed by atoms with E-state index in [-0.39, 0.29) is 48.3 Å². The Hall–Kier alpha value is 0.161. The number of carbonyl (C=O) groups excluding carboxylic acids is 1. The van der Waals surface area contributed by atoms with E-state index in [0.29, 0.717) is 6.08 Å². The monoisotopic (exact) mass is 220 g/mol. The maximum absolute atomic E-state index is 10.1. The summed E-state index contributed by atoms with van der Waals surface area (Å²) in [4.78, 5) is 19.9. The molecule has 0 aromatic rings. The first kappa shape index (κ1) is 12.8. The third kappa shape index (κ3) is 8.16. The SMILES string of the molecule is COC(=O)/C=C/C(=O)O.[H-].[H-].[Sr+2]. The van der Waals surface area contributed by atoms with Gasteiger partial charge in [-0.05, 0) is 0 Å². The summed E-state index contributed by atoms with van der Waals surface area (Å²) in [6.45, 7) is 0. The molecule has 0 aromatic carbocycles. The van der Waals surface area contributed by atoms with E-state index >= 15 is 0 Å². The van der Waals surface area contributed by atoms with Crippen LogP contribution in [0.3, 0.4) is 0 Å². The van der Waals surface area contributed by atoms with Gasteiger partial charge in [0.05, 0.1) is 7.11 Å². The van der Waals surface area contributed by atoms with Crippen LogP contribution in [-0.4, -0.2) is 69.6 Å². The van der Waals surface area contributed by atoms with Crippen molar-refractivity contribution in [1.82, 2.24) is 0 Å². The molecule has 0 unspecified atom stereocenters. The van der Waals surface area contributed by atoms with Crippen LogP contribution in [0.2, 0.25) is 0 Å². The van der Waals surface area contributed by atoms with E-state index in [2.05, 4.69) is 4.74 Å². The van der Waals surface area contributed by atoms with Crippen LogP contribution < -0.4 is 0 Å². The van der Waals surface area contributed by atoms with Gasteiger partial charge < -0.3 is 12.7 Å². The number of methoxy groups -OCH3 is 1. The second-order valence-electron chi connectivity index (χ2n) is 1.19. The van der Waals surface area contributed by atoms with E-state index in [1.165, 1.54) is 7.11 Å². The molecule has 0 aliphatic heterocycles. The minimum atomic E-state index is -1.17. The first-order chi connectivity index (χ1) is 4.16. The van der Waals surface area contributed by atoms with E-state index in [0.717, 1.165) is 6.08 Å². The van der Waals surface area contributed by atoms with Gasteiger partial charge in [0.2, 0.25) is 0 Å². The number of aliphatic carboxylic acids is 1. The van der Waals surface area contributed by atoms with Crippen LogP contribution in [0.4, 0.5) is 0 Å². The van der Waals surface area contributed by atoms with Crippen molar-refractivity contribution in [2.75, 3.05) is 7.11 Å². The van der Waals surface area contributed by atoms with E-state index in [1.807, 2.05) is 0 Å². The summed E-state index contributed by atoms with van der Waals surface area (Å²) in [5.74, 6) is -1.84. The van der Waals surface area contributed by atoms with Crippen molar-refractivity contribution in [3.05, 3.63) is 12.2 Å². The summed E-state index contributed by atoms with van der Waals surface area (Å²) < 4.78 is 4.11. The molecule has 0 radical (unpaired) electrons. The zero-order valence-corrected chi connectivity index (χ0v) is 9.01. The average molecular weight is 220 g/mol. The fourth-order valence-electron chi connectivity index (χ4n) is 0.207. The molecule has 0 heterocycles. The molecule has 0 aromatic heterocycles. The van der Waals surface area contributed by atoms with Crippen LogP contribution in [0.15, 0.2) is 12.2 Å². The largest absolute Gasteiger partial charge is 2.00 e. The van der Waals surface area contributed by atoms with Gasteiger partial charge in [-0.25, -0.2) is 9.59 Å². The molecule has 0 saturated carbocycles. The van der Waals surface area contributed by atoms with Gasteiger partial charge in [0.1, 0.15) is 0 Å². The van der Waals surface area contributed by atoms with Gasteiger partial charge in [-0.3, -0.25) is 0 Å². The van der Waals surface area contributed by atoms with Crippen molar-refractivity contribution < 1.29 is 22.3 Å². The number of carboxylic acid groups (broad SMARTS) is 1. The molecule has 0 amide bonds. The van der Waals surface area contributed by atoms with Gasteiger partial charge in [-0.2, -0.15) is 0 Å². The van der Waals surface area contributed by atoms with Crippen molar-refractivity contribution in [3.8, 4) is 0 Å². The first-order valence-corrected chi connectivity index (χ1v) is 2.15. The molecule has 0 aliphatic carbocycles. The molecule has 5 heteroatoms. The first-order valence-electron chi connectivity index (χ1n) is 2.15. The number of carboxylic acids is 1. The third-order valence-corrected chi connectivity index (χ3v) is 0.563. The number of ether oxygens (including phenoxy) is 1. The average Bonchev–Trinajstić information content (AvgIpc) is 1.83. The van der Waals surface area contributed by atoms with Crippen molar-refractivity contribution in [2.45, 2.75) is 0 Å². The molecule has 0 spiro atoms. The maximum Gasteiger partial charge on any atom is 2.00 e. The molecule has 0 atom stereocenters. The van der Waals surface area contributed by atoms with Crippen molar-refractivity contribution in [1.29, 1.82) is 0 Å². The smallest absolute Gasteiger partial charge is 1.00 e. The summed E-state index contributed by atoms with van der Waals surface area (Å²) >= 11 is 0. The molecule has 0 fully saturated rings. The van der Waals surface area contributed by atoms with Crippen LogP contribution in [-0.2, 0) is 14.3 Å². The zero-order chi connectivity index (χ0) is 7.28. The molecular weight excluding hydrogens is 212 g/mol. The predicted molar refractivity (Wildman–Crippen MR) is 36.8 cm³/mol. The Morgan fingerprint density at radius 2 is 2.00 bits per heavy atom. The Morgan fingerprint density at radius 3 is 2.30 bits per heavy atom. The number of hydrogen-bond acceptors (Lipinski definition) is 3. The molecule has 0 aliphatic rings. The topological polar surface area (TPSA) is 63.6 Å². The van der Waals surface area contributed by atoms with E-state index in [1.54, 1.807) is 0 Å². The van der Waals surface area contributed by atoms with E-state index in [4.69, 9.17) is 5.11 Å². The second kappa shape index (κ2) is 7.27. The number of carbonyl (C=O) groups is 2. The molecule has 10 heavy (non-hydrogen) atoms. The minimum Gasteiger partial charge on any atom is -1.00 e. The standard InChI is InChI=1S/C5H6O4.Sr.2H/c1-9-5(8)3-2-4(6)7;;;/h2-3H,1H3,(H,6,7);;;/q;+2;2*-1/b3-2+;;;. The van der Waals surface area contributed by atoms with Crippen molar-refractivity contribution >= 4 is 57.4 Å². The zero-order valence-electron chi connectivity index (χ0n) is 7.53. The number of esters is 1. The quantitative estimate of drug-likeness (QED) is 0.392. The van der Waals surface area contributed by atoms with E-state index < -0.39 is 11.9 Å². The predicted octanol–water partition coefficient (Wildman–Crippen LogP) is -0.356. The maximum atomic E-state index is 10.1. The van der Waals surface area contributed by atoms with Crippen LogP contribution in [0.25, 0.3) is 0 Å². The van der Waals surface area contributed by atoms with Gasteiger partial charge in [0, 0.05) is 12.2 Å². The molecule has 0 bridgehead atoms.